The van der Waals surface area contributed by atoms with Crippen molar-refractivity contribution in [2.75, 3.05) is 0 Å². The van der Waals surface area contributed by atoms with E-state index in [1.54, 1.807) is 42.5 Å². The predicted molar refractivity (Wildman–Crippen MR) is 107 cm³/mol. The first-order chi connectivity index (χ1) is 13.9. The van der Waals surface area contributed by atoms with Crippen LogP contribution in [0.4, 0.5) is 0 Å². The molecule has 7 nitrogen and oxygen atoms in total. The van der Waals surface area contributed by atoms with Crippen LogP contribution in [0.3, 0.4) is 0 Å². The van der Waals surface area contributed by atoms with Crippen LogP contribution < -0.4 is 10.2 Å². The van der Waals surface area contributed by atoms with Crippen molar-refractivity contribution < 1.29 is 23.5 Å². The average Bonchev–Trinajstić information content (AvgIpc) is 2.78. The number of hydrogen-bond acceptors (Lipinski definition) is 5. The van der Waals surface area contributed by atoms with Gasteiger partial charge in [0.2, 0.25) is 10.0 Å². The first kappa shape index (κ1) is 20.7. The van der Waals surface area contributed by atoms with Crippen molar-refractivity contribution in [1.29, 1.82) is 0 Å². The molecule has 29 heavy (non-hydrogen) atoms. The van der Waals surface area contributed by atoms with Gasteiger partial charge in [-0.25, -0.2) is 13.9 Å². The molecule has 0 aliphatic heterocycles. The van der Waals surface area contributed by atoms with E-state index in [4.69, 9.17) is 5.21 Å². The second kappa shape index (κ2) is 8.97. The van der Waals surface area contributed by atoms with E-state index in [2.05, 4.69) is 4.72 Å². The monoisotopic (exact) mass is 412 g/mol. The largest absolute Gasteiger partial charge is 0.386 e. The maximum absolute atomic E-state index is 12.8. The van der Waals surface area contributed by atoms with Crippen LogP contribution in [0.1, 0.15) is 11.7 Å². The lowest BCUT2D eigenvalue weighted by Crippen LogP contribution is -2.49. The maximum atomic E-state index is 12.8. The summed E-state index contributed by atoms with van der Waals surface area (Å²) in [6, 6.07) is 22.0. The zero-order valence-electron chi connectivity index (χ0n) is 15.3. The quantitative estimate of drug-likeness (QED) is 0.351. The summed E-state index contributed by atoms with van der Waals surface area (Å²) in [5.74, 6) is -1.08. The van der Waals surface area contributed by atoms with E-state index in [9.17, 15) is 18.3 Å². The van der Waals surface area contributed by atoms with Crippen LogP contribution in [0.25, 0.3) is 11.1 Å². The number of amides is 1. The summed E-state index contributed by atoms with van der Waals surface area (Å²) in [6.07, 6.45) is -1.50. The summed E-state index contributed by atoms with van der Waals surface area (Å²) < 4.78 is 27.7. The SMILES string of the molecule is O=C(NO)C(NS(=O)(=O)c1ccc(-c2ccccc2)cc1)C(O)c1ccccc1. The number of nitrogens with one attached hydrogen (secondary N) is 2. The van der Waals surface area contributed by atoms with Gasteiger partial charge in [-0.2, -0.15) is 4.72 Å². The highest BCUT2D eigenvalue weighted by molar-refractivity contribution is 7.89. The van der Waals surface area contributed by atoms with Crippen molar-refractivity contribution in [2.45, 2.75) is 17.0 Å². The van der Waals surface area contributed by atoms with E-state index in [0.29, 0.717) is 5.56 Å². The van der Waals surface area contributed by atoms with E-state index in [1.165, 1.54) is 17.6 Å². The molecule has 0 spiro atoms. The Kier molecular flexibility index (Phi) is 6.40. The van der Waals surface area contributed by atoms with Crippen molar-refractivity contribution >= 4 is 15.9 Å². The number of carbonyl (C=O) groups excluding carboxylic acids is 1. The molecule has 0 aliphatic carbocycles. The normalized spacial score (nSPS) is 13.4. The van der Waals surface area contributed by atoms with Gasteiger partial charge in [0.05, 0.1) is 4.90 Å². The molecule has 8 heteroatoms. The third-order valence-electron chi connectivity index (χ3n) is 4.40. The summed E-state index contributed by atoms with van der Waals surface area (Å²) in [4.78, 5) is 12.0. The van der Waals surface area contributed by atoms with Gasteiger partial charge in [0.1, 0.15) is 12.1 Å². The van der Waals surface area contributed by atoms with Gasteiger partial charge in [0.15, 0.2) is 0 Å². The molecule has 0 aliphatic rings. The van der Waals surface area contributed by atoms with Crippen LogP contribution in [0.5, 0.6) is 0 Å². The van der Waals surface area contributed by atoms with Crippen molar-refractivity contribution in [2.24, 2.45) is 0 Å². The number of hydrogen-bond donors (Lipinski definition) is 4. The molecule has 1 amide bonds. The lowest BCUT2D eigenvalue weighted by molar-refractivity contribution is -0.133. The second-order valence-corrected chi connectivity index (χ2v) is 8.03. The minimum absolute atomic E-state index is 0.0758. The van der Waals surface area contributed by atoms with Crippen LogP contribution in [0, 0.1) is 0 Å². The smallest absolute Gasteiger partial charge is 0.264 e. The number of rotatable bonds is 7. The third-order valence-corrected chi connectivity index (χ3v) is 5.86. The summed E-state index contributed by atoms with van der Waals surface area (Å²) >= 11 is 0. The van der Waals surface area contributed by atoms with Crippen LogP contribution in [0.2, 0.25) is 0 Å². The summed E-state index contributed by atoms with van der Waals surface area (Å²) in [5, 5.41) is 19.5. The fourth-order valence-electron chi connectivity index (χ4n) is 2.87. The van der Waals surface area contributed by atoms with Gasteiger partial charge in [-0.15, -0.1) is 0 Å². The molecular weight excluding hydrogens is 392 g/mol. The van der Waals surface area contributed by atoms with Gasteiger partial charge in [0, 0.05) is 0 Å². The fraction of sp³-hybridized carbons (Fsp3) is 0.0952. The Labute approximate surface area is 168 Å². The van der Waals surface area contributed by atoms with Crippen LogP contribution in [-0.2, 0) is 14.8 Å². The van der Waals surface area contributed by atoms with Gasteiger partial charge in [0.25, 0.3) is 5.91 Å². The molecular formula is C21H20N2O5S. The molecule has 3 aromatic carbocycles. The van der Waals surface area contributed by atoms with Crippen molar-refractivity contribution in [3.63, 3.8) is 0 Å². The Hall–Kier alpha value is -3.04. The van der Waals surface area contributed by atoms with Crippen molar-refractivity contribution in [3.8, 4) is 11.1 Å². The molecule has 0 aromatic heterocycles. The van der Waals surface area contributed by atoms with E-state index < -0.39 is 28.1 Å². The molecule has 3 aromatic rings. The number of benzene rings is 3. The molecule has 0 bridgehead atoms. The highest BCUT2D eigenvalue weighted by atomic mass is 32.2. The number of sulfonamides is 1. The highest BCUT2D eigenvalue weighted by Gasteiger charge is 2.32. The molecule has 0 fully saturated rings. The van der Waals surface area contributed by atoms with Crippen LogP contribution in [-0.4, -0.2) is 30.7 Å². The molecule has 0 saturated carbocycles. The summed E-state index contributed by atoms with van der Waals surface area (Å²) in [5.41, 5.74) is 3.48. The maximum Gasteiger partial charge on any atom is 0.264 e. The minimum atomic E-state index is -4.15. The number of carbonyl (C=O) groups is 1. The van der Waals surface area contributed by atoms with Crippen LogP contribution >= 0.6 is 0 Å². The Bertz CT molecular complexity index is 1060. The standard InChI is InChI=1S/C21H20N2O5S/c24-20(17-9-5-2-6-10-17)19(21(25)22-26)23-29(27,28)18-13-11-16(12-14-18)15-7-3-1-4-8-15/h1-14,19-20,23-24,26H,(H,22,25). The van der Waals surface area contributed by atoms with Crippen LogP contribution in [0.15, 0.2) is 89.8 Å². The van der Waals surface area contributed by atoms with E-state index in [0.717, 1.165) is 11.1 Å². The van der Waals surface area contributed by atoms with E-state index >= 15 is 0 Å². The molecule has 0 radical (unpaired) electrons. The molecule has 4 N–H and O–H groups in total. The molecule has 150 valence electrons. The zero-order chi connectivity index (χ0) is 20.9. The molecule has 0 heterocycles. The van der Waals surface area contributed by atoms with Gasteiger partial charge in [-0.3, -0.25) is 10.0 Å². The van der Waals surface area contributed by atoms with Gasteiger partial charge >= 0.3 is 0 Å². The fourth-order valence-corrected chi connectivity index (χ4v) is 4.07. The predicted octanol–water partition coefficient (Wildman–Crippen LogP) is 2.24. The zero-order valence-corrected chi connectivity index (χ0v) is 16.1. The van der Waals surface area contributed by atoms with Gasteiger partial charge in [-0.05, 0) is 28.8 Å². The van der Waals surface area contributed by atoms with Gasteiger partial charge < -0.3 is 5.11 Å². The highest BCUT2D eigenvalue weighted by Crippen LogP contribution is 2.23. The lowest BCUT2D eigenvalue weighted by Gasteiger charge is -2.22. The number of hydroxylamine groups is 1. The van der Waals surface area contributed by atoms with E-state index in [1.807, 2.05) is 30.3 Å². The minimum Gasteiger partial charge on any atom is -0.386 e. The van der Waals surface area contributed by atoms with E-state index in [-0.39, 0.29) is 4.90 Å². The number of aliphatic hydroxyl groups excluding tert-OH is 1. The molecule has 0 saturated heterocycles. The summed E-state index contributed by atoms with van der Waals surface area (Å²) in [7, 11) is -4.15. The molecule has 2 unspecified atom stereocenters. The topological polar surface area (TPSA) is 116 Å². The summed E-state index contributed by atoms with van der Waals surface area (Å²) in [6.45, 7) is 0. The Morgan fingerprint density at radius 2 is 1.31 bits per heavy atom. The number of aliphatic hydroxyl groups is 1. The molecule has 2 atom stereocenters. The Balaban J connectivity index is 1.86. The first-order valence-corrected chi connectivity index (χ1v) is 10.3. The Morgan fingerprint density at radius 3 is 1.86 bits per heavy atom. The molecule has 3 rings (SSSR count). The average molecular weight is 412 g/mol. The van der Waals surface area contributed by atoms with Gasteiger partial charge in [-0.1, -0.05) is 72.8 Å². The Morgan fingerprint density at radius 1 is 0.793 bits per heavy atom. The van der Waals surface area contributed by atoms with Crippen molar-refractivity contribution in [3.05, 3.63) is 90.5 Å². The van der Waals surface area contributed by atoms with Crippen molar-refractivity contribution in [1.82, 2.24) is 10.2 Å². The first-order valence-electron chi connectivity index (χ1n) is 8.77. The lowest BCUT2D eigenvalue weighted by atomic mass is 10.0. The second-order valence-electron chi connectivity index (χ2n) is 6.32. The third kappa shape index (κ3) is 4.87.